The van der Waals surface area contributed by atoms with E-state index in [2.05, 4.69) is 10.3 Å². The fourth-order valence-electron chi connectivity index (χ4n) is 1.46. The number of hydrogen-bond donors (Lipinski definition) is 1. The standard InChI is InChI=1S/C11H13ClN2O/c1-8-6-9(12)2-3-10(8)15-7-11-13-4-5-14-11/h2-3,6H,4-5,7H2,1H3,(H,13,14). The van der Waals surface area contributed by atoms with Gasteiger partial charge in [0.05, 0.1) is 6.54 Å². The van der Waals surface area contributed by atoms with Crippen LogP contribution >= 0.6 is 11.6 Å². The van der Waals surface area contributed by atoms with Crippen molar-refractivity contribution < 1.29 is 4.74 Å². The Labute approximate surface area is 94.1 Å². The number of ether oxygens (including phenoxy) is 1. The lowest BCUT2D eigenvalue weighted by Gasteiger charge is -2.09. The van der Waals surface area contributed by atoms with Gasteiger partial charge in [0.2, 0.25) is 0 Å². The fourth-order valence-corrected chi connectivity index (χ4v) is 1.69. The lowest BCUT2D eigenvalue weighted by molar-refractivity contribution is 0.371. The Hall–Kier alpha value is -1.22. The van der Waals surface area contributed by atoms with Crippen LogP contribution in [0.3, 0.4) is 0 Å². The smallest absolute Gasteiger partial charge is 0.145 e. The summed E-state index contributed by atoms with van der Waals surface area (Å²) in [6.45, 7) is 4.24. The first-order valence-electron chi connectivity index (χ1n) is 4.92. The molecule has 0 saturated heterocycles. The average Bonchev–Trinajstić information content (AvgIpc) is 2.69. The van der Waals surface area contributed by atoms with Crippen LogP contribution in [0.25, 0.3) is 0 Å². The molecule has 0 spiro atoms. The Balaban J connectivity index is 1.98. The quantitative estimate of drug-likeness (QED) is 0.853. The highest BCUT2D eigenvalue weighted by Crippen LogP contribution is 2.21. The number of amidine groups is 1. The van der Waals surface area contributed by atoms with Gasteiger partial charge in [-0.1, -0.05) is 11.6 Å². The number of rotatable bonds is 3. The van der Waals surface area contributed by atoms with E-state index in [1.54, 1.807) is 0 Å². The van der Waals surface area contributed by atoms with E-state index in [9.17, 15) is 0 Å². The summed E-state index contributed by atoms with van der Waals surface area (Å²) in [5.41, 5.74) is 1.04. The maximum Gasteiger partial charge on any atom is 0.145 e. The summed E-state index contributed by atoms with van der Waals surface area (Å²) in [6, 6.07) is 5.60. The highest BCUT2D eigenvalue weighted by Gasteiger charge is 2.06. The molecule has 1 aromatic carbocycles. The van der Waals surface area contributed by atoms with Crippen LogP contribution in [0, 0.1) is 6.92 Å². The second-order valence-electron chi connectivity index (χ2n) is 3.45. The minimum atomic E-state index is 0.502. The predicted octanol–water partition coefficient (Wildman–Crippen LogP) is 2.03. The van der Waals surface area contributed by atoms with Crippen molar-refractivity contribution in [2.45, 2.75) is 6.92 Å². The number of halogens is 1. The molecule has 1 heterocycles. The molecule has 2 rings (SSSR count). The predicted molar refractivity (Wildman–Crippen MR) is 62.0 cm³/mol. The summed E-state index contributed by atoms with van der Waals surface area (Å²) in [7, 11) is 0. The molecule has 1 aliphatic rings. The first-order valence-corrected chi connectivity index (χ1v) is 5.29. The van der Waals surface area contributed by atoms with Crippen LogP contribution in [0.1, 0.15) is 5.56 Å². The molecule has 0 unspecified atom stereocenters. The minimum Gasteiger partial charge on any atom is -0.485 e. The van der Waals surface area contributed by atoms with Crippen molar-refractivity contribution in [2.24, 2.45) is 4.99 Å². The molecular weight excluding hydrogens is 212 g/mol. The molecule has 0 atom stereocenters. The van der Waals surface area contributed by atoms with Crippen LogP contribution < -0.4 is 10.1 Å². The summed E-state index contributed by atoms with van der Waals surface area (Å²) < 4.78 is 5.62. The molecule has 1 N–H and O–H groups in total. The van der Waals surface area contributed by atoms with Crippen LogP contribution in [0.2, 0.25) is 5.02 Å². The maximum absolute atomic E-state index is 5.85. The summed E-state index contributed by atoms with van der Waals surface area (Å²) in [6.07, 6.45) is 0. The first kappa shape index (κ1) is 10.3. The van der Waals surface area contributed by atoms with E-state index in [1.807, 2.05) is 25.1 Å². The maximum atomic E-state index is 5.85. The van der Waals surface area contributed by atoms with Crippen LogP contribution in [0.15, 0.2) is 23.2 Å². The van der Waals surface area contributed by atoms with Crippen LogP contribution in [0.5, 0.6) is 5.75 Å². The van der Waals surface area contributed by atoms with Gasteiger partial charge in [0, 0.05) is 11.6 Å². The summed E-state index contributed by atoms with van der Waals surface area (Å²) in [5, 5.41) is 3.89. The van der Waals surface area contributed by atoms with Gasteiger partial charge in [0.1, 0.15) is 18.2 Å². The van der Waals surface area contributed by atoms with Gasteiger partial charge in [-0.15, -0.1) is 0 Å². The zero-order valence-corrected chi connectivity index (χ0v) is 9.34. The molecule has 3 nitrogen and oxygen atoms in total. The third-order valence-corrected chi connectivity index (χ3v) is 2.48. The van der Waals surface area contributed by atoms with E-state index in [4.69, 9.17) is 16.3 Å². The van der Waals surface area contributed by atoms with Crippen molar-refractivity contribution in [3.05, 3.63) is 28.8 Å². The van der Waals surface area contributed by atoms with Crippen molar-refractivity contribution in [2.75, 3.05) is 19.7 Å². The SMILES string of the molecule is Cc1cc(Cl)ccc1OCC1=NCCN1. The van der Waals surface area contributed by atoms with Crippen LogP contribution in [0.4, 0.5) is 0 Å². The summed E-state index contributed by atoms with van der Waals surface area (Å²) >= 11 is 5.85. The summed E-state index contributed by atoms with van der Waals surface area (Å²) in [5.74, 6) is 1.78. The molecule has 15 heavy (non-hydrogen) atoms. The fraction of sp³-hybridized carbons (Fsp3) is 0.364. The molecule has 0 aliphatic carbocycles. The molecule has 0 amide bonds. The van der Waals surface area contributed by atoms with Crippen molar-refractivity contribution in [1.82, 2.24) is 5.32 Å². The summed E-state index contributed by atoms with van der Waals surface area (Å²) in [4.78, 5) is 4.25. The van der Waals surface area contributed by atoms with Crippen LogP contribution in [-0.4, -0.2) is 25.5 Å². The molecular formula is C11H13ClN2O. The average molecular weight is 225 g/mol. The molecule has 0 bridgehead atoms. The Kier molecular flexibility index (Phi) is 3.11. The topological polar surface area (TPSA) is 33.6 Å². The van der Waals surface area contributed by atoms with Gasteiger partial charge in [-0.3, -0.25) is 4.99 Å². The van der Waals surface area contributed by atoms with Crippen LogP contribution in [-0.2, 0) is 0 Å². The van der Waals surface area contributed by atoms with Crippen molar-refractivity contribution in [3.8, 4) is 5.75 Å². The highest BCUT2D eigenvalue weighted by molar-refractivity contribution is 6.30. The Morgan fingerprint density at radius 1 is 1.53 bits per heavy atom. The van der Waals surface area contributed by atoms with Gasteiger partial charge < -0.3 is 10.1 Å². The molecule has 80 valence electrons. The molecule has 0 aromatic heterocycles. The van der Waals surface area contributed by atoms with E-state index in [0.717, 1.165) is 35.3 Å². The number of nitrogens with one attached hydrogen (secondary N) is 1. The lowest BCUT2D eigenvalue weighted by atomic mass is 10.2. The van der Waals surface area contributed by atoms with E-state index in [0.29, 0.717) is 6.61 Å². The van der Waals surface area contributed by atoms with E-state index >= 15 is 0 Å². The molecule has 0 saturated carbocycles. The third kappa shape index (κ3) is 2.63. The minimum absolute atomic E-state index is 0.502. The van der Waals surface area contributed by atoms with Crippen molar-refractivity contribution in [1.29, 1.82) is 0 Å². The van der Waals surface area contributed by atoms with E-state index < -0.39 is 0 Å². The van der Waals surface area contributed by atoms with E-state index in [1.165, 1.54) is 0 Å². The largest absolute Gasteiger partial charge is 0.485 e. The zero-order valence-electron chi connectivity index (χ0n) is 8.59. The molecule has 4 heteroatoms. The molecule has 0 radical (unpaired) electrons. The van der Waals surface area contributed by atoms with Crippen molar-refractivity contribution in [3.63, 3.8) is 0 Å². The Morgan fingerprint density at radius 2 is 2.40 bits per heavy atom. The van der Waals surface area contributed by atoms with E-state index in [-0.39, 0.29) is 0 Å². The molecule has 1 aliphatic heterocycles. The van der Waals surface area contributed by atoms with Gasteiger partial charge in [0.25, 0.3) is 0 Å². The second kappa shape index (κ2) is 4.53. The van der Waals surface area contributed by atoms with Gasteiger partial charge in [-0.25, -0.2) is 0 Å². The second-order valence-corrected chi connectivity index (χ2v) is 3.89. The monoisotopic (exact) mass is 224 g/mol. The number of hydrogen-bond acceptors (Lipinski definition) is 3. The number of benzene rings is 1. The lowest BCUT2D eigenvalue weighted by Crippen LogP contribution is -2.25. The highest BCUT2D eigenvalue weighted by atomic mass is 35.5. The molecule has 0 fully saturated rings. The van der Waals surface area contributed by atoms with Crippen molar-refractivity contribution >= 4 is 17.4 Å². The number of aryl methyl sites for hydroxylation is 1. The Bertz CT molecular complexity index is 390. The zero-order chi connectivity index (χ0) is 10.7. The third-order valence-electron chi connectivity index (χ3n) is 2.24. The van der Waals surface area contributed by atoms with Gasteiger partial charge in [0.15, 0.2) is 0 Å². The van der Waals surface area contributed by atoms with Gasteiger partial charge >= 0.3 is 0 Å². The normalized spacial score (nSPS) is 14.7. The van der Waals surface area contributed by atoms with Gasteiger partial charge in [-0.05, 0) is 30.7 Å². The van der Waals surface area contributed by atoms with Gasteiger partial charge in [-0.2, -0.15) is 0 Å². The molecule has 1 aromatic rings. The number of aliphatic imine (C=N–C) groups is 1. The number of nitrogens with zero attached hydrogens (tertiary/aromatic N) is 1. The Morgan fingerprint density at radius 3 is 3.07 bits per heavy atom. The first-order chi connectivity index (χ1) is 7.25.